The first-order valence-electron chi connectivity index (χ1n) is 23.0. The minimum Gasteiger partial charge on any atom is -0.481 e. The Balaban J connectivity index is 2.33. The molecule has 10 unspecified atom stereocenters. The number of carboxylic acids is 2. The maximum Gasteiger partial charge on any atom is 0.326 e. The maximum absolute atomic E-state index is 14.0. The summed E-state index contributed by atoms with van der Waals surface area (Å²) in [6.45, 7) is 7.89. The number of rotatable bonds is 31. The van der Waals surface area contributed by atoms with E-state index >= 15 is 0 Å². The summed E-state index contributed by atoms with van der Waals surface area (Å²) in [5, 5.41) is 58.1. The molecule has 0 saturated heterocycles. The summed E-state index contributed by atoms with van der Waals surface area (Å²) < 4.78 is 0. The highest BCUT2D eigenvalue weighted by Crippen LogP contribution is 2.10. The van der Waals surface area contributed by atoms with Gasteiger partial charge in [0.05, 0.1) is 31.5 Å². The van der Waals surface area contributed by atoms with Crippen molar-refractivity contribution in [3.05, 3.63) is 54.1 Å². The number of aliphatic hydroxyl groups is 2. The molecule has 0 aliphatic rings. The third kappa shape index (κ3) is 20.8. The van der Waals surface area contributed by atoms with Crippen LogP contribution in [0.25, 0.3) is 0 Å². The normalized spacial score (nSPS) is 15.3. The van der Waals surface area contributed by atoms with Gasteiger partial charge in [-0.2, -0.15) is 0 Å². The van der Waals surface area contributed by atoms with Crippen LogP contribution in [-0.2, 0) is 65.6 Å². The number of nitrogens with two attached hydrogens (primary N) is 2. The minimum absolute atomic E-state index is 0.0917. The molecule has 10 atom stereocenters. The monoisotopic (exact) mass is 1020 g/mol. The van der Waals surface area contributed by atoms with E-state index < -0.39 is 157 Å². The zero-order valence-electron chi connectivity index (χ0n) is 40.8. The molecule has 27 heteroatoms. The SMILES string of the molecule is CC(C)CC(NC(=O)C(N)Cc1ccccc1)C(=O)NC(CO)C(=O)NC(Cc1cnc[nH]1)C(=O)NC(CCC(=O)O)C(=O)NC(CC(N)=O)C(=O)NC(C(=O)NC(C)C(=O)NC(C(=O)O)C(C)C)C(C)O. The lowest BCUT2D eigenvalue weighted by molar-refractivity contribution is -0.143. The number of carbonyl (C=O) groups is 11. The molecule has 2 aromatic rings. The lowest BCUT2D eigenvalue weighted by Gasteiger charge is -2.28. The van der Waals surface area contributed by atoms with Crippen molar-refractivity contribution in [2.24, 2.45) is 23.3 Å². The van der Waals surface area contributed by atoms with E-state index in [1.54, 1.807) is 44.2 Å². The van der Waals surface area contributed by atoms with Gasteiger partial charge < -0.3 is 79.4 Å². The number of hydrogen-bond acceptors (Lipinski definition) is 15. The third-order valence-electron chi connectivity index (χ3n) is 10.8. The standard InChI is InChI=1S/C45H68N12O15/c1-21(2)14-29(52-38(64)27(46)15-25-10-8-7-9-11-25)40(66)55-32(19-58)43(69)53-30(16-26-18-48-20-49-26)41(67)51-28(12-13-34(61)62)39(65)54-31(17-33(47)60)42(68)57-36(24(6)59)44(70)50-23(5)37(63)56-35(22(3)4)45(71)72/h7-11,18,20-24,27-32,35-36,58-59H,12-17,19,46H2,1-6H3,(H2,47,60)(H,48,49)(H,50,70)(H,51,67)(H,52,64)(H,53,69)(H,54,65)(H,55,66)(H,56,63)(H,57,68)(H,61,62)(H,71,72). The van der Waals surface area contributed by atoms with Gasteiger partial charge in [0.25, 0.3) is 0 Å². The molecule has 398 valence electrons. The Labute approximate surface area is 414 Å². The number of imidazole rings is 1. The van der Waals surface area contributed by atoms with Crippen LogP contribution in [0.2, 0.25) is 0 Å². The number of nitrogens with zero attached hydrogens (tertiary/aromatic N) is 1. The quantitative estimate of drug-likeness (QED) is 0.0338. The van der Waals surface area contributed by atoms with Crippen molar-refractivity contribution in [3.63, 3.8) is 0 Å². The van der Waals surface area contributed by atoms with Crippen LogP contribution in [0.3, 0.4) is 0 Å². The Morgan fingerprint density at radius 2 is 1.15 bits per heavy atom. The number of primary amides is 1. The summed E-state index contributed by atoms with van der Waals surface area (Å²) in [6.07, 6.45) is -1.61. The molecule has 2 rings (SSSR count). The van der Waals surface area contributed by atoms with Crippen LogP contribution >= 0.6 is 0 Å². The van der Waals surface area contributed by atoms with Crippen LogP contribution in [0.5, 0.6) is 0 Å². The van der Waals surface area contributed by atoms with Crippen molar-refractivity contribution in [3.8, 4) is 0 Å². The zero-order valence-corrected chi connectivity index (χ0v) is 40.8. The molecule has 0 aliphatic heterocycles. The molecule has 72 heavy (non-hydrogen) atoms. The van der Waals surface area contributed by atoms with E-state index in [4.69, 9.17) is 11.5 Å². The minimum atomic E-state index is -1.94. The smallest absolute Gasteiger partial charge is 0.326 e. The van der Waals surface area contributed by atoms with Gasteiger partial charge >= 0.3 is 11.9 Å². The number of aromatic nitrogens is 2. The van der Waals surface area contributed by atoms with Crippen molar-refractivity contribution in [1.29, 1.82) is 0 Å². The zero-order chi connectivity index (χ0) is 54.4. The van der Waals surface area contributed by atoms with Crippen molar-refractivity contribution in [1.82, 2.24) is 52.5 Å². The van der Waals surface area contributed by atoms with Gasteiger partial charge in [-0.1, -0.05) is 58.0 Å². The predicted octanol–water partition coefficient (Wildman–Crippen LogP) is -4.68. The summed E-state index contributed by atoms with van der Waals surface area (Å²) in [5.74, 6) is -13.0. The van der Waals surface area contributed by atoms with Crippen LogP contribution in [0.1, 0.15) is 78.5 Å². The Morgan fingerprint density at radius 3 is 1.68 bits per heavy atom. The Hall–Kier alpha value is -7.52. The van der Waals surface area contributed by atoms with Crippen molar-refractivity contribution in [2.45, 2.75) is 141 Å². The summed E-state index contributed by atoms with van der Waals surface area (Å²) in [4.78, 5) is 150. The van der Waals surface area contributed by atoms with Crippen LogP contribution in [-0.4, -0.2) is 163 Å². The molecule has 0 radical (unpaired) electrons. The fraction of sp³-hybridized carbons (Fsp3) is 0.556. The molecule has 0 bridgehead atoms. The number of H-pyrrole nitrogens is 1. The highest BCUT2D eigenvalue weighted by atomic mass is 16.4. The Bertz CT molecular complexity index is 2190. The van der Waals surface area contributed by atoms with E-state index in [1.165, 1.54) is 33.3 Å². The molecule has 0 saturated carbocycles. The first-order valence-corrected chi connectivity index (χ1v) is 23.0. The predicted molar refractivity (Wildman–Crippen MR) is 253 cm³/mol. The average molecular weight is 1020 g/mol. The first kappa shape index (κ1) is 60.6. The second-order valence-electron chi connectivity index (χ2n) is 17.8. The van der Waals surface area contributed by atoms with Crippen LogP contribution in [0, 0.1) is 11.8 Å². The van der Waals surface area contributed by atoms with Gasteiger partial charge in [0.15, 0.2) is 0 Å². The highest BCUT2D eigenvalue weighted by molar-refractivity contribution is 5.99. The van der Waals surface area contributed by atoms with E-state index in [9.17, 15) is 73.2 Å². The molecule has 1 aromatic heterocycles. The number of carboxylic acid groups (broad SMARTS) is 2. The van der Waals surface area contributed by atoms with Crippen LogP contribution in [0.15, 0.2) is 42.9 Å². The number of aromatic amines is 1. The van der Waals surface area contributed by atoms with Crippen LogP contribution < -0.4 is 54.0 Å². The van der Waals surface area contributed by atoms with Gasteiger partial charge in [-0.3, -0.25) is 47.9 Å². The number of amides is 9. The molecule has 17 N–H and O–H groups in total. The average Bonchev–Trinajstić information content (AvgIpc) is 3.82. The lowest BCUT2D eigenvalue weighted by atomic mass is 10.0. The van der Waals surface area contributed by atoms with E-state index in [0.29, 0.717) is 0 Å². The molecule has 1 heterocycles. The summed E-state index contributed by atoms with van der Waals surface area (Å²) in [7, 11) is 0. The first-order chi connectivity index (χ1) is 33.7. The third-order valence-corrected chi connectivity index (χ3v) is 10.8. The number of nitrogens with one attached hydrogen (secondary N) is 9. The fourth-order valence-electron chi connectivity index (χ4n) is 6.82. The van der Waals surface area contributed by atoms with Crippen molar-refractivity contribution < 1.29 is 73.2 Å². The van der Waals surface area contributed by atoms with Gasteiger partial charge in [-0.25, -0.2) is 9.78 Å². The molecule has 9 amide bonds. The van der Waals surface area contributed by atoms with Gasteiger partial charge in [-0.05, 0) is 50.5 Å². The number of benzene rings is 1. The maximum atomic E-state index is 14.0. The van der Waals surface area contributed by atoms with Crippen molar-refractivity contribution in [2.75, 3.05) is 6.61 Å². The van der Waals surface area contributed by atoms with Gasteiger partial charge in [0, 0.05) is 24.7 Å². The van der Waals surface area contributed by atoms with Crippen molar-refractivity contribution >= 4 is 65.1 Å². The highest BCUT2D eigenvalue weighted by Gasteiger charge is 2.36. The Morgan fingerprint density at radius 1 is 0.625 bits per heavy atom. The fourth-order valence-corrected chi connectivity index (χ4v) is 6.82. The molecule has 0 spiro atoms. The van der Waals surface area contributed by atoms with E-state index in [0.717, 1.165) is 12.5 Å². The molecular weight excluding hydrogens is 949 g/mol. The molecule has 1 aromatic carbocycles. The second kappa shape index (κ2) is 29.6. The Kier molecular flexibility index (Phi) is 24.9. The molecule has 0 aliphatic carbocycles. The summed E-state index contributed by atoms with van der Waals surface area (Å²) >= 11 is 0. The van der Waals surface area contributed by atoms with Gasteiger partial charge in [0.2, 0.25) is 53.2 Å². The topological polar surface area (TPSA) is 446 Å². The molecular formula is C45H68N12O15. The van der Waals surface area contributed by atoms with E-state index in [1.807, 2.05) is 0 Å². The second-order valence-corrected chi connectivity index (χ2v) is 17.8. The van der Waals surface area contributed by atoms with E-state index in [2.05, 4.69) is 52.5 Å². The molecule has 0 fully saturated rings. The number of hydrogen-bond donors (Lipinski definition) is 15. The largest absolute Gasteiger partial charge is 0.481 e. The number of aliphatic hydroxyl groups excluding tert-OH is 2. The summed E-state index contributed by atoms with van der Waals surface area (Å²) in [6, 6.07) is -5.09. The van der Waals surface area contributed by atoms with Gasteiger partial charge in [-0.15, -0.1) is 0 Å². The number of carbonyl (C=O) groups excluding carboxylic acids is 9. The summed E-state index contributed by atoms with van der Waals surface area (Å²) in [5.41, 5.74) is 12.5. The van der Waals surface area contributed by atoms with Gasteiger partial charge in [0.1, 0.15) is 48.3 Å². The lowest BCUT2D eigenvalue weighted by Crippen LogP contribution is -2.62. The van der Waals surface area contributed by atoms with Crippen LogP contribution in [0.4, 0.5) is 0 Å². The molecule has 27 nitrogen and oxygen atoms in total. The number of aliphatic carboxylic acids is 2. The van der Waals surface area contributed by atoms with E-state index in [-0.39, 0.29) is 30.9 Å².